The molecular weight excluding hydrogens is 477 g/mol. The van der Waals surface area contributed by atoms with Crippen molar-refractivity contribution in [2.75, 3.05) is 0 Å². The van der Waals surface area contributed by atoms with Crippen molar-refractivity contribution < 1.29 is 38.9 Å². The molecule has 1 aromatic heterocycles. The van der Waals surface area contributed by atoms with Crippen LogP contribution >= 0.6 is 0 Å². The van der Waals surface area contributed by atoms with Gasteiger partial charge in [-0.15, -0.1) is 0 Å². The van der Waals surface area contributed by atoms with Gasteiger partial charge in [-0.1, -0.05) is 26.0 Å². The Kier molecular flexibility index (Phi) is 4.19. The van der Waals surface area contributed by atoms with Crippen molar-refractivity contribution in [2.24, 2.45) is 10.8 Å². The molecular formula is C27H34BNO8. The average molecular weight is 511 g/mol. The first-order chi connectivity index (χ1) is 17.3. The summed E-state index contributed by atoms with van der Waals surface area (Å²) >= 11 is 0. The number of allylic oxidation sites excluding steroid dienone is 1. The lowest BCUT2D eigenvalue weighted by atomic mass is 9.52. The van der Waals surface area contributed by atoms with Gasteiger partial charge in [0.15, 0.2) is 17.5 Å². The van der Waals surface area contributed by atoms with Gasteiger partial charge in [-0.05, 0) is 63.2 Å². The van der Waals surface area contributed by atoms with Crippen LogP contribution in [0.5, 0.6) is 0 Å². The van der Waals surface area contributed by atoms with Crippen molar-refractivity contribution in [1.82, 2.24) is 4.98 Å². The molecule has 7 fully saturated rings. The molecule has 4 N–H and O–H groups in total. The molecule has 3 spiro atoms. The van der Waals surface area contributed by atoms with Gasteiger partial charge in [0.05, 0.1) is 11.0 Å². The number of esters is 1. The monoisotopic (exact) mass is 511 g/mol. The molecule has 198 valence electrons. The summed E-state index contributed by atoms with van der Waals surface area (Å²) in [6.07, 6.45) is 0.645. The van der Waals surface area contributed by atoms with E-state index in [1.54, 1.807) is 25.3 Å². The zero-order chi connectivity index (χ0) is 26.6. The molecule has 3 aliphatic heterocycles. The highest BCUT2D eigenvalue weighted by molar-refractivity contribution is 6.45. The predicted molar refractivity (Wildman–Crippen MR) is 131 cm³/mol. The molecule has 1 aromatic rings. The van der Waals surface area contributed by atoms with Crippen molar-refractivity contribution in [3.05, 3.63) is 47.3 Å². The van der Waals surface area contributed by atoms with Crippen molar-refractivity contribution in [3.63, 3.8) is 0 Å². The van der Waals surface area contributed by atoms with E-state index in [1.807, 2.05) is 27.7 Å². The molecule has 4 saturated carbocycles. The Morgan fingerprint density at radius 1 is 1.27 bits per heavy atom. The number of rotatable bonds is 3. The van der Waals surface area contributed by atoms with Gasteiger partial charge in [0.25, 0.3) is 0 Å². The fourth-order valence-corrected chi connectivity index (χ4v) is 9.95. The Hall–Kier alpha value is -1.95. The van der Waals surface area contributed by atoms with Crippen molar-refractivity contribution in [1.29, 1.82) is 0 Å². The number of aliphatic hydroxyl groups excluding tert-OH is 1. The van der Waals surface area contributed by atoms with Gasteiger partial charge in [0.1, 0.15) is 23.0 Å². The number of ether oxygens (including phenoxy) is 2. The maximum absolute atomic E-state index is 13.5. The highest BCUT2D eigenvalue weighted by Crippen LogP contribution is 2.92. The van der Waals surface area contributed by atoms with Crippen molar-refractivity contribution >= 4 is 13.1 Å². The molecule has 0 radical (unpaired) electrons. The fourth-order valence-electron chi connectivity index (χ4n) is 9.95. The van der Waals surface area contributed by atoms with Gasteiger partial charge >= 0.3 is 13.1 Å². The molecule has 4 aliphatic carbocycles. The number of aromatic amines is 1. The van der Waals surface area contributed by atoms with Gasteiger partial charge in [-0.25, -0.2) is 4.79 Å². The number of H-pyrrole nitrogens is 1. The number of hydrogen-bond donors (Lipinski definition) is 4. The zero-order valence-electron chi connectivity index (χ0n) is 21.9. The smallest absolute Gasteiger partial charge is 0.450 e. The lowest BCUT2D eigenvalue weighted by molar-refractivity contribution is -0.381. The van der Waals surface area contributed by atoms with E-state index in [1.165, 1.54) is 0 Å². The van der Waals surface area contributed by atoms with E-state index in [0.717, 1.165) is 5.57 Å². The second-order valence-electron chi connectivity index (χ2n) is 12.4. The first-order valence-electron chi connectivity index (χ1n) is 13.2. The number of hydrogen-bond acceptors (Lipinski definition) is 8. The summed E-state index contributed by atoms with van der Waals surface area (Å²) in [6, 6.07) is 3.33. The lowest BCUT2D eigenvalue weighted by Gasteiger charge is -2.65. The highest BCUT2D eigenvalue weighted by atomic mass is 16.7. The second kappa shape index (κ2) is 6.43. The minimum absolute atomic E-state index is 0.0729. The third-order valence-corrected chi connectivity index (χ3v) is 11.1. The Morgan fingerprint density at radius 2 is 2.00 bits per heavy atom. The number of carbonyl (C=O) groups excluding carboxylic acids is 1. The fraction of sp³-hybridized carbons (Fsp3) is 0.667. The lowest BCUT2D eigenvalue weighted by Crippen LogP contribution is -2.78. The summed E-state index contributed by atoms with van der Waals surface area (Å²) in [5.41, 5.74) is -7.09. The van der Waals surface area contributed by atoms with Crippen LogP contribution in [-0.2, 0) is 18.8 Å². The molecule has 8 rings (SSSR count). The topological polar surface area (TPSA) is 130 Å². The van der Waals surface area contributed by atoms with Crippen LogP contribution in [-0.4, -0.2) is 73.8 Å². The number of aliphatic hydroxyl groups is 3. The second-order valence-corrected chi connectivity index (χ2v) is 12.4. The van der Waals surface area contributed by atoms with Gasteiger partial charge in [0.2, 0.25) is 0 Å². The van der Waals surface area contributed by atoms with Crippen LogP contribution in [0.15, 0.2) is 41.6 Å². The summed E-state index contributed by atoms with van der Waals surface area (Å²) in [6.45, 7) is 13.4. The first-order valence-corrected chi connectivity index (χ1v) is 13.2. The maximum Gasteiger partial charge on any atom is 0.457 e. The van der Waals surface area contributed by atoms with Crippen molar-refractivity contribution in [2.45, 2.75) is 101 Å². The average Bonchev–Trinajstić information content (AvgIpc) is 3.44. The van der Waals surface area contributed by atoms with Crippen LogP contribution in [0.1, 0.15) is 64.4 Å². The van der Waals surface area contributed by atoms with Crippen LogP contribution < -0.4 is 0 Å². The normalized spacial score (nSPS) is 52.6. The third kappa shape index (κ3) is 1.89. The number of nitrogens with one attached hydrogen (secondary N) is 1. The van der Waals surface area contributed by atoms with E-state index in [2.05, 4.69) is 11.6 Å². The minimum atomic E-state index is -2.02. The predicted octanol–water partition coefficient (Wildman–Crippen LogP) is 2.25. The molecule has 7 aliphatic rings. The Balaban J connectivity index is 1.59. The molecule has 37 heavy (non-hydrogen) atoms. The Morgan fingerprint density at radius 3 is 2.62 bits per heavy atom. The quantitative estimate of drug-likeness (QED) is 0.276. The maximum atomic E-state index is 13.5. The summed E-state index contributed by atoms with van der Waals surface area (Å²) in [7, 11) is -0.750. The number of carbonyl (C=O) groups is 1. The van der Waals surface area contributed by atoms with Gasteiger partial charge in [-0.2, -0.15) is 0 Å². The van der Waals surface area contributed by atoms with E-state index in [9.17, 15) is 20.1 Å². The Bertz CT molecular complexity index is 1290. The molecule has 7 bridgehead atoms. The molecule has 10 heteroatoms. The van der Waals surface area contributed by atoms with E-state index in [4.69, 9.17) is 18.8 Å². The van der Waals surface area contributed by atoms with E-state index < -0.39 is 64.3 Å². The van der Waals surface area contributed by atoms with Crippen LogP contribution in [0.2, 0.25) is 6.32 Å². The molecule has 9 atom stereocenters. The third-order valence-electron chi connectivity index (χ3n) is 11.1. The van der Waals surface area contributed by atoms with Crippen LogP contribution in [0.3, 0.4) is 0 Å². The van der Waals surface area contributed by atoms with E-state index >= 15 is 0 Å². The molecule has 0 aromatic carbocycles. The summed E-state index contributed by atoms with van der Waals surface area (Å²) in [4.78, 5) is 16.4. The van der Waals surface area contributed by atoms with E-state index in [0.29, 0.717) is 30.3 Å². The SMILES string of the molecule is C=C1CC[C@@]23OB(CC)O[C@@]45[C@H](OC(=O)c6ccc[nH]6)C(=C(C)C)[C@]6(C)[C@]4(O)[C@@]2(O[C@@]6(O)C[C@@]35C)[C@@H]1O. The number of aromatic nitrogens is 1. The minimum Gasteiger partial charge on any atom is -0.450 e. The standard InChI is InChI=1S/C27H34BNO8/c1-7-28-36-23-11-10-15(4)18(30)25(23)27(33)22(6)17(14(2)3)19(34-20(31)16-9-8-12-29-16)26(27,37-28)21(23,5)13-24(22,32)35-25/h8-9,12,18-19,29-30,32-33H,4,7,10-11,13H2,1-3,5-6H3/t18-,19-,21+,22+,23+,24+,25-,26-,27+/m1/s1. The van der Waals surface area contributed by atoms with Gasteiger partial charge in [-0.3, -0.25) is 0 Å². The molecule has 9 nitrogen and oxygen atoms in total. The van der Waals surface area contributed by atoms with Gasteiger partial charge in [0, 0.05) is 18.0 Å². The van der Waals surface area contributed by atoms with E-state index in [-0.39, 0.29) is 12.1 Å². The largest absolute Gasteiger partial charge is 0.457 e. The van der Waals surface area contributed by atoms with Crippen LogP contribution in [0.25, 0.3) is 0 Å². The summed E-state index contributed by atoms with van der Waals surface area (Å²) in [5.74, 6) is -2.48. The molecule has 3 saturated heterocycles. The molecule has 0 amide bonds. The zero-order valence-corrected chi connectivity index (χ0v) is 21.9. The van der Waals surface area contributed by atoms with Gasteiger partial charge < -0.3 is 39.1 Å². The highest BCUT2D eigenvalue weighted by Gasteiger charge is 3.09. The Labute approximate surface area is 216 Å². The van der Waals surface area contributed by atoms with Crippen LogP contribution in [0, 0.1) is 10.8 Å². The summed E-state index contributed by atoms with van der Waals surface area (Å²) in [5, 5.41) is 37.6. The molecule has 4 heterocycles. The molecule has 0 unspecified atom stereocenters. The van der Waals surface area contributed by atoms with Crippen LogP contribution in [0.4, 0.5) is 0 Å². The van der Waals surface area contributed by atoms with Crippen molar-refractivity contribution in [3.8, 4) is 0 Å². The summed E-state index contributed by atoms with van der Waals surface area (Å²) < 4.78 is 26.5. The first kappa shape index (κ1) is 24.1.